The molecule has 0 saturated carbocycles. The van der Waals surface area contributed by atoms with Gasteiger partial charge in [0.2, 0.25) is 100 Å². The average molecular weight is 1760 g/mol. The largest absolute Gasteiger partial charge is 0.481 e. The van der Waals surface area contributed by atoms with E-state index in [9.17, 15) is 116 Å². The summed E-state index contributed by atoms with van der Waals surface area (Å²) in [5.41, 5.74) is 6.25. The Kier molecular flexibility index (Phi) is 47.5. The molecule has 1 aromatic carbocycles. The van der Waals surface area contributed by atoms with Crippen LogP contribution >= 0.6 is 25.3 Å². The number of hydrogen-bond donors (Lipinski definition) is 23. The van der Waals surface area contributed by atoms with Crippen molar-refractivity contribution in [2.24, 2.45) is 35.3 Å². The number of aliphatic carboxylic acids is 4. The van der Waals surface area contributed by atoms with Gasteiger partial charge < -0.3 is 116 Å². The zero-order valence-corrected chi connectivity index (χ0v) is 72.4. The number of carboxylic acids is 4. The Morgan fingerprint density at radius 2 is 0.811 bits per heavy atom. The Morgan fingerprint density at radius 1 is 0.410 bits per heavy atom. The standard InChI is InChI=1S/C77H122N18O25S2/c1-13-41(10)63(94-71(114)51(30-60(103)104)91-67(110)46(22-24-59(101)102)87-74(117)54-20-17-25-95(54)77(120)42(11)78)75(118)81-33-57(98)84-50(29-44-18-15-14-16-19-44)69(112)92-53(36-122)73(116)89-48(27-38(4)5)68(111)86-45(21-23-58(99)100)65(108)80-31-55(96)79-32-56(97)85-52(35-121)72(115)90-49(28-39(6)7)70(113)93-62(40(8)9)76(119)83-43(12)64(107)88-47(26-37(2)3)66(109)82-34-61(105)106/h14-16,18-19,37-43,45-54,62-63,121-122H,13,17,20-36,78H2,1-12H3,(H,79,96)(H,80,108)(H,81,118)(H,82,109)(H,83,119)(H,84,98)(H,85,97)(H,86,111)(H,87,117)(H,88,107)(H,89,116)(H,90,115)(H,91,110)(H,92,112)(H,93,113)(H,94,114)(H,99,100)(H,101,102)(H,103,104)(H,105,106)/t41-,42-,43-,45-,46-,47-,48-,49-,50-,51-,52-,53-,54-,62-,63-/m0/s1. The van der Waals surface area contributed by atoms with E-state index in [4.69, 9.17) is 10.8 Å². The van der Waals surface area contributed by atoms with Gasteiger partial charge in [0.25, 0.3) is 0 Å². The molecule has 1 aliphatic heterocycles. The first kappa shape index (κ1) is 107. The number of nitrogens with two attached hydrogens (primary N) is 1. The van der Waals surface area contributed by atoms with E-state index in [1.54, 1.807) is 92.6 Å². The van der Waals surface area contributed by atoms with Crippen LogP contribution in [0.15, 0.2) is 30.3 Å². The number of thiol groups is 2. The van der Waals surface area contributed by atoms with E-state index in [1.807, 2.05) is 0 Å². The number of carboxylic acid groups (broad SMARTS) is 4. The minimum Gasteiger partial charge on any atom is -0.481 e. The van der Waals surface area contributed by atoms with Crippen LogP contribution in [0.1, 0.15) is 159 Å². The van der Waals surface area contributed by atoms with E-state index >= 15 is 0 Å². The predicted molar refractivity (Wildman–Crippen MR) is 443 cm³/mol. The van der Waals surface area contributed by atoms with Crippen LogP contribution in [0.2, 0.25) is 0 Å². The lowest BCUT2D eigenvalue weighted by molar-refractivity contribution is -0.142. The summed E-state index contributed by atoms with van der Waals surface area (Å²) in [7, 11) is 0. The Morgan fingerprint density at radius 3 is 1.30 bits per heavy atom. The molecule has 0 aliphatic carbocycles. The van der Waals surface area contributed by atoms with Crippen molar-refractivity contribution < 1.29 is 121 Å². The first-order valence-electron chi connectivity index (χ1n) is 40.0. The van der Waals surface area contributed by atoms with Crippen molar-refractivity contribution in [1.29, 1.82) is 0 Å². The maximum Gasteiger partial charge on any atom is 0.322 e. The van der Waals surface area contributed by atoms with Gasteiger partial charge in [-0.05, 0) is 93.9 Å². The van der Waals surface area contributed by atoms with Gasteiger partial charge in [-0.25, -0.2) is 0 Å². The van der Waals surface area contributed by atoms with Gasteiger partial charge in [-0.2, -0.15) is 25.3 Å². The Labute approximate surface area is 717 Å². The molecule has 0 spiro atoms. The number of hydrogen-bond acceptors (Lipinski definition) is 24. The van der Waals surface area contributed by atoms with Crippen molar-refractivity contribution in [2.45, 2.75) is 245 Å². The number of rotatable bonds is 55. The molecular weight excluding hydrogens is 1640 g/mol. The van der Waals surface area contributed by atoms with Gasteiger partial charge in [0, 0.05) is 37.3 Å². The number of nitrogens with zero attached hydrogens (tertiary/aromatic N) is 1. The number of amides is 17. The maximum atomic E-state index is 14.3. The van der Waals surface area contributed by atoms with E-state index in [2.05, 4.69) is 110 Å². The second kappa shape index (κ2) is 54.2. The summed E-state index contributed by atoms with van der Waals surface area (Å²) >= 11 is 8.46. The van der Waals surface area contributed by atoms with E-state index in [0.717, 1.165) is 0 Å². The minimum atomic E-state index is -1.95. The molecule has 0 radical (unpaired) electrons. The highest BCUT2D eigenvalue weighted by molar-refractivity contribution is 7.80. The lowest BCUT2D eigenvalue weighted by atomic mass is 9.97. The lowest BCUT2D eigenvalue weighted by Crippen LogP contribution is -2.60. The molecule has 15 atom stereocenters. The van der Waals surface area contributed by atoms with Crippen LogP contribution in [0, 0.1) is 29.6 Å². The highest BCUT2D eigenvalue weighted by Crippen LogP contribution is 2.20. The van der Waals surface area contributed by atoms with Crippen LogP contribution in [-0.4, -0.2) is 278 Å². The van der Waals surface area contributed by atoms with Crippen LogP contribution in [0.5, 0.6) is 0 Å². The highest BCUT2D eigenvalue weighted by atomic mass is 32.1. The number of carbonyl (C=O) groups excluding carboxylic acids is 17. The molecule has 0 unspecified atom stereocenters. The van der Waals surface area contributed by atoms with E-state index in [0.29, 0.717) is 12.0 Å². The van der Waals surface area contributed by atoms with Crippen LogP contribution in [0.3, 0.4) is 0 Å². The Balaban J connectivity index is 2.23. The van der Waals surface area contributed by atoms with Crippen molar-refractivity contribution in [3.63, 3.8) is 0 Å². The van der Waals surface area contributed by atoms with Gasteiger partial charge in [0.05, 0.1) is 32.1 Å². The van der Waals surface area contributed by atoms with Crippen LogP contribution in [-0.2, 0) is 107 Å². The topological polar surface area (TPSA) is 661 Å². The molecule has 1 saturated heterocycles. The molecule has 1 aliphatic rings. The van der Waals surface area contributed by atoms with Crippen molar-refractivity contribution in [1.82, 2.24) is 90.0 Å². The average Bonchev–Trinajstić information content (AvgIpc) is 1.64. The zero-order chi connectivity index (χ0) is 92.5. The summed E-state index contributed by atoms with van der Waals surface area (Å²) in [5.74, 6) is -24.5. The first-order valence-corrected chi connectivity index (χ1v) is 41.3. The fourth-order valence-electron chi connectivity index (χ4n) is 12.2. The van der Waals surface area contributed by atoms with E-state index in [1.165, 1.54) is 25.7 Å². The number of carbonyl (C=O) groups is 21. The van der Waals surface area contributed by atoms with E-state index < -0.39 is 285 Å². The summed E-state index contributed by atoms with van der Waals surface area (Å²) in [5, 5.41) is 76.5. The van der Waals surface area contributed by atoms with Crippen LogP contribution in [0.4, 0.5) is 0 Å². The lowest BCUT2D eigenvalue weighted by Gasteiger charge is -2.29. The molecule has 43 nitrogen and oxygen atoms in total. The Hall–Kier alpha value is -11.2. The summed E-state index contributed by atoms with van der Waals surface area (Å²) in [4.78, 5) is 280. The monoisotopic (exact) mass is 1760 g/mol. The van der Waals surface area contributed by atoms with Crippen LogP contribution < -0.4 is 90.8 Å². The van der Waals surface area contributed by atoms with Crippen LogP contribution in [0.25, 0.3) is 0 Å². The summed E-state index contributed by atoms with van der Waals surface area (Å²) in [6, 6.07) is -11.8. The second-order valence-electron chi connectivity index (χ2n) is 31.2. The third kappa shape index (κ3) is 39.5. The summed E-state index contributed by atoms with van der Waals surface area (Å²) in [6.07, 6.45) is -3.01. The molecule has 0 bridgehead atoms. The van der Waals surface area contributed by atoms with Gasteiger partial charge in [-0.15, -0.1) is 0 Å². The summed E-state index contributed by atoms with van der Waals surface area (Å²) < 4.78 is 0. The fraction of sp³-hybridized carbons (Fsp3) is 0.649. The molecule has 1 aromatic rings. The maximum absolute atomic E-state index is 14.3. The van der Waals surface area contributed by atoms with Gasteiger partial charge in [0.1, 0.15) is 85.1 Å². The SMILES string of the molecule is CC[C@H](C)[C@H](NC(=O)[C@H](CC(=O)O)NC(=O)[C@H](CCC(=O)O)NC(=O)[C@@H]1CCCN1C(=O)[C@H](C)N)C(=O)NCC(=O)N[C@@H](Cc1ccccc1)C(=O)N[C@@H](CS)C(=O)N[C@@H](CC(C)C)C(=O)N[C@@H](CCC(=O)O)C(=O)NCC(=O)NCC(=O)N[C@@H](CS)C(=O)N[C@@H](CC(C)C)C(=O)N[C@H](C(=O)N[C@@H](C)C(=O)N[C@@H](CC(C)C)C(=O)NCC(=O)O)C(C)C. The number of benzene rings is 1. The van der Waals surface area contributed by atoms with E-state index in [-0.39, 0.29) is 68.6 Å². The molecule has 0 aromatic heterocycles. The molecule has 2 rings (SSSR count). The molecule has 122 heavy (non-hydrogen) atoms. The van der Waals surface area contributed by atoms with Crippen molar-refractivity contribution in [3.8, 4) is 0 Å². The molecule has 1 fully saturated rings. The first-order chi connectivity index (χ1) is 57.1. The van der Waals surface area contributed by atoms with Gasteiger partial charge in [-0.3, -0.25) is 101 Å². The molecule has 17 amide bonds. The van der Waals surface area contributed by atoms with Gasteiger partial charge in [0.15, 0.2) is 0 Å². The quantitative estimate of drug-likeness (QED) is 0.0271. The van der Waals surface area contributed by atoms with Crippen molar-refractivity contribution in [3.05, 3.63) is 35.9 Å². The third-order valence-electron chi connectivity index (χ3n) is 18.9. The predicted octanol–water partition coefficient (Wildman–Crippen LogP) is -5.14. The molecule has 45 heteroatoms. The Bertz CT molecular complexity index is 3840. The smallest absolute Gasteiger partial charge is 0.322 e. The molecule has 22 N–H and O–H groups in total. The number of likely N-dealkylation sites (tertiary alicyclic amines) is 1. The minimum absolute atomic E-state index is 0.0169. The zero-order valence-electron chi connectivity index (χ0n) is 70.6. The van der Waals surface area contributed by atoms with Crippen molar-refractivity contribution in [2.75, 3.05) is 44.2 Å². The third-order valence-corrected chi connectivity index (χ3v) is 19.6. The normalized spacial score (nSPS) is 15.8. The van der Waals surface area contributed by atoms with Gasteiger partial charge >= 0.3 is 23.9 Å². The second-order valence-corrected chi connectivity index (χ2v) is 31.9. The molecule has 682 valence electrons. The van der Waals surface area contributed by atoms with Crippen molar-refractivity contribution >= 4 is 150 Å². The molecule has 1 heterocycles. The van der Waals surface area contributed by atoms with Gasteiger partial charge in [-0.1, -0.05) is 106 Å². The number of nitrogens with one attached hydrogen (secondary N) is 16. The highest BCUT2D eigenvalue weighted by Gasteiger charge is 2.41. The fourth-order valence-corrected chi connectivity index (χ4v) is 12.7. The summed E-state index contributed by atoms with van der Waals surface area (Å²) in [6.45, 7) is 16.4. The molecular formula is C77H122N18O25S2.